The van der Waals surface area contributed by atoms with Crippen LogP contribution >= 0.6 is 0 Å². The molecule has 1 aliphatic rings. The maximum Gasteiger partial charge on any atom is 0.338 e. The first kappa shape index (κ1) is 27.8. The van der Waals surface area contributed by atoms with E-state index in [1.807, 2.05) is 84.9 Å². The molecule has 0 radical (unpaired) electrons. The second-order valence-corrected chi connectivity index (χ2v) is 9.64. The van der Waals surface area contributed by atoms with E-state index in [2.05, 4.69) is 4.74 Å². The van der Waals surface area contributed by atoms with Crippen molar-refractivity contribution in [3.63, 3.8) is 0 Å². The summed E-state index contributed by atoms with van der Waals surface area (Å²) in [6, 6.07) is 26.7. The van der Waals surface area contributed by atoms with Crippen LogP contribution in [0.3, 0.4) is 0 Å². The molecule has 0 unspecified atom stereocenters. The number of methoxy groups -OCH3 is 1. The third kappa shape index (κ3) is 7.66. The van der Waals surface area contributed by atoms with E-state index in [1.54, 1.807) is 12.1 Å². The maximum absolute atomic E-state index is 13.1. The molecule has 6 nitrogen and oxygen atoms in total. The smallest absolute Gasteiger partial charge is 0.338 e. The summed E-state index contributed by atoms with van der Waals surface area (Å²) in [6.45, 7) is 0. The van der Waals surface area contributed by atoms with Crippen LogP contribution in [0.15, 0.2) is 97.1 Å². The zero-order valence-corrected chi connectivity index (χ0v) is 22.1. The quantitative estimate of drug-likeness (QED) is 0.117. The topological polar surface area (TPSA) is 78.9 Å². The molecule has 39 heavy (non-hydrogen) atoms. The Morgan fingerprint density at radius 2 is 1.51 bits per heavy atom. The lowest BCUT2D eigenvalue weighted by atomic mass is 9.91. The third-order valence-electron chi connectivity index (χ3n) is 7.09. The first-order valence-corrected chi connectivity index (χ1v) is 13.3. The van der Waals surface area contributed by atoms with Crippen molar-refractivity contribution in [1.29, 1.82) is 0 Å². The molecule has 1 aliphatic carbocycles. The van der Waals surface area contributed by atoms with E-state index in [9.17, 15) is 14.4 Å². The van der Waals surface area contributed by atoms with E-state index in [0.717, 1.165) is 23.8 Å². The molecule has 1 fully saturated rings. The van der Waals surface area contributed by atoms with Crippen molar-refractivity contribution < 1.29 is 28.6 Å². The Bertz CT molecular complexity index is 1240. The Kier molecular flexibility index (Phi) is 10.1. The molecular formula is C33H34O6. The minimum absolute atomic E-state index is 0.155. The zero-order chi connectivity index (χ0) is 27.5. The fourth-order valence-electron chi connectivity index (χ4n) is 4.99. The summed E-state index contributed by atoms with van der Waals surface area (Å²) in [4.78, 5) is 36.6. The predicted molar refractivity (Wildman–Crippen MR) is 149 cm³/mol. The lowest BCUT2D eigenvalue weighted by Crippen LogP contribution is -2.28. The van der Waals surface area contributed by atoms with Crippen LogP contribution in [0.4, 0.5) is 0 Å². The fourth-order valence-corrected chi connectivity index (χ4v) is 4.99. The molecule has 0 amide bonds. The zero-order valence-electron chi connectivity index (χ0n) is 22.1. The highest BCUT2D eigenvalue weighted by atomic mass is 16.5. The largest absolute Gasteiger partial charge is 0.490 e. The van der Waals surface area contributed by atoms with Gasteiger partial charge in [-0.05, 0) is 54.7 Å². The van der Waals surface area contributed by atoms with Gasteiger partial charge in [-0.1, -0.05) is 72.8 Å². The number of para-hydroxylation sites is 1. The fraction of sp³-hybridized carbons (Fsp3) is 0.303. The van der Waals surface area contributed by atoms with Crippen LogP contribution in [0.1, 0.15) is 42.5 Å². The summed E-state index contributed by atoms with van der Waals surface area (Å²) in [5.41, 5.74) is 2.51. The van der Waals surface area contributed by atoms with E-state index < -0.39 is 18.0 Å². The molecule has 0 saturated heterocycles. The maximum atomic E-state index is 13.1. The number of carbonyl (C=O) groups is 3. The van der Waals surface area contributed by atoms with Crippen molar-refractivity contribution in [3.05, 3.63) is 103 Å². The number of ether oxygens (including phenoxy) is 3. The number of allylic oxidation sites excluding steroid dienone is 2. The first-order chi connectivity index (χ1) is 19.1. The third-order valence-corrected chi connectivity index (χ3v) is 7.09. The number of rotatable bonds is 12. The molecule has 3 aromatic carbocycles. The number of carbonyl (C=O) groups excluding carboxylic acids is 3. The van der Waals surface area contributed by atoms with Gasteiger partial charge in [-0.25, -0.2) is 4.79 Å². The summed E-state index contributed by atoms with van der Waals surface area (Å²) in [6.07, 6.45) is 6.85. The van der Waals surface area contributed by atoms with Gasteiger partial charge in [0.1, 0.15) is 24.2 Å². The molecule has 0 aliphatic heterocycles. The standard InChI is InChI=1S/C33H34O6/c1-37-32(35)17-11-3-2-10-16-28-29(23-34)31(22-30(28)38-27-14-8-5-9-15-27)39-33(36)26-20-18-25(19-21-26)24-12-6-4-7-13-24/h2,4-10,12-15,18-21,23,28-31H,3,11,16-17,22H2,1H3/t28-,29-,30-,31-/m1/s1. The minimum Gasteiger partial charge on any atom is -0.490 e. The van der Waals surface area contributed by atoms with Gasteiger partial charge in [0.2, 0.25) is 0 Å². The first-order valence-electron chi connectivity index (χ1n) is 13.3. The van der Waals surface area contributed by atoms with Crippen LogP contribution in [-0.2, 0) is 19.1 Å². The van der Waals surface area contributed by atoms with Crippen molar-refractivity contribution in [3.8, 4) is 16.9 Å². The van der Waals surface area contributed by atoms with Gasteiger partial charge in [0.25, 0.3) is 0 Å². The Morgan fingerprint density at radius 1 is 0.846 bits per heavy atom. The molecule has 0 N–H and O–H groups in total. The van der Waals surface area contributed by atoms with Gasteiger partial charge in [-0.3, -0.25) is 4.79 Å². The van der Waals surface area contributed by atoms with Gasteiger partial charge in [0.05, 0.1) is 18.6 Å². The van der Waals surface area contributed by atoms with E-state index >= 15 is 0 Å². The summed E-state index contributed by atoms with van der Waals surface area (Å²) in [5.74, 6) is -0.619. The van der Waals surface area contributed by atoms with Crippen molar-refractivity contribution >= 4 is 18.2 Å². The van der Waals surface area contributed by atoms with Crippen LogP contribution in [0.5, 0.6) is 5.75 Å². The number of benzene rings is 3. The predicted octanol–water partition coefficient (Wildman–Crippen LogP) is 6.45. The van der Waals surface area contributed by atoms with Crippen LogP contribution in [0, 0.1) is 11.8 Å². The second-order valence-electron chi connectivity index (χ2n) is 9.64. The molecule has 6 heteroatoms. The monoisotopic (exact) mass is 526 g/mol. The van der Waals surface area contributed by atoms with Crippen molar-refractivity contribution in [1.82, 2.24) is 0 Å². The number of esters is 2. The number of aldehydes is 1. The Morgan fingerprint density at radius 3 is 2.18 bits per heavy atom. The van der Waals surface area contributed by atoms with E-state index in [1.165, 1.54) is 7.11 Å². The molecule has 0 aromatic heterocycles. The van der Waals surface area contributed by atoms with Crippen molar-refractivity contribution in [2.24, 2.45) is 11.8 Å². The van der Waals surface area contributed by atoms with Crippen LogP contribution in [-0.4, -0.2) is 37.5 Å². The molecule has 4 rings (SSSR count). The molecule has 0 bridgehead atoms. The SMILES string of the molecule is COC(=O)CCCC=CC[C@@H]1[C@@H](C=O)[C@H](OC(=O)c2ccc(-c3ccccc3)cc2)C[C@H]1Oc1ccccc1. The lowest BCUT2D eigenvalue weighted by molar-refractivity contribution is -0.140. The molecule has 202 valence electrons. The highest BCUT2D eigenvalue weighted by Gasteiger charge is 2.46. The molecular weight excluding hydrogens is 492 g/mol. The van der Waals surface area contributed by atoms with Gasteiger partial charge in [-0.15, -0.1) is 0 Å². The average molecular weight is 527 g/mol. The van der Waals surface area contributed by atoms with Gasteiger partial charge in [-0.2, -0.15) is 0 Å². The Labute approximate surface area is 229 Å². The Hall–Kier alpha value is -4.19. The van der Waals surface area contributed by atoms with Crippen LogP contribution in [0.2, 0.25) is 0 Å². The van der Waals surface area contributed by atoms with Gasteiger partial charge in [0.15, 0.2) is 0 Å². The minimum atomic E-state index is -0.588. The summed E-state index contributed by atoms with van der Waals surface area (Å²) >= 11 is 0. The van der Waals surface area contributed by atoms with E-state index in [4.69, 9.17) is 9.47 Å². The lowest BCUT2D eigenvalue weighted by Gasteiger charge is -2.22. The highest BCUT2D eigenvalue weighted by molar-refractivity contribution is 5.90. The molecule has 0 spiro atoms. The van der Waals surface area contributed by atoms with Gasteiger partial charge < -0.3 is 19.0 Å². The molecule has 3 aromatic rings. The van der Waals surface area contributed by atoms with Crippen LogP contribution in [0.25, 0.3) is 11.1 Å². The molecule has 0 heterocycles. The average Bonchev–Trinajstić information content (AvgIpc) is 3.30. The Balaban J connectivity index is 1.43. The number of unbranched alkanes of at least 4 members (excludes halogenated alkanes) is 1. The molecule has 1 saturated carbocycles. The van der Waals surface area contributed by atoms with E-state index in [-0.39, 0.29) is 18.0 Å². The van der Waals surface area contributed by atoms with Gasteiger partial charge in [0, 0.05) is 18.8 Å². The van der Waals surface area contributed by atoms with Crippen molar-refractivity contribution in [2.75, 3.05) is 7.11 Å². The van der Waals surface area contributed by atoms with E-state index in [0.29, 0.717) is 37.0 Å². The summed E-state index contributed by atoms with van der Waals surface area (Å²) in [5, 5.41) is 0. The molecule has 4 atom stereocenters. The summed E-state index contributed by atoms with van der Waals surface area (Å²) in [7, 11) is 1.38. The normalized spacial score (nSPS) is 20.4. The summed E-state index contributed by atoms with van der Waals surface area (Å²) < 4.78 is 16.9. The highest BCUT2D eigenvalue weighted by Crippen LogP contribution is 2.39. The number of hydrogen-bond donors (Lipinski definition) is 0. The number of hydrogen-bond acceptors (Lipinski definition) is 6. The second kappa shape index (κ2) is 14.1. The van der Waals surface area contributed by atoms with Crippen LogP contribution < -0.4 is 4.74 Å². The van der Waals surface area contributed by atoms with Gasteiger partial charge >= 0.3 is 11.9 Å². The van der Waals surface area contributed by atoms with Crippen molar-refractivity contribution in [2.45, 2.75) is 44.3 Å².